The highest BCUT2D eigenvalue weighted by Gasteiger charge is 2.06. The lowest BCUT2D eigenvalue weighted by Crippen LogP contribution is -2.04. The maximum atomic E-state index is 5.59. The van der Waals surface area contributed by atoms with Crippen LogP contribution >= 0.6 is 0 Å². The summed E-state index contributed by atoms with van der Waals surface area (Å²) in [6.45, 7) is 8.76. The fraction of sp³-hybridized carbons (Fsp3) is 0.636. The topological polar surface area (TPSA) is 35.0 Å². The molecule has 0 saturated heterocycles. The van der Waals surface area contributed by atoms with Gasteiger partial charge in [-0.05, 0) is 27.2 Å². The van der Waals surface area contributed by atoms with Crippen LogP contribution in [0.25, 0.3) is 0 Å². The Labute approximate surface area is 85.5 Å². The molecule has 0 aliphatic rings. The molecular weight excluding hydrogens is 176 g/mol. The molecule has 78 valence electrons. The van der Waals surface area contributed by atoms with Crippen molar-refractivity contribution in [1.29, 1.82) is 0 Å². The molecule has 0 bridgehead atoms. The number of aromatic nitrogens is 2. The number of rotatable bonds is 4. The maximum absolute atomic E-state index is 5.59. The van der Waals surface area contributed by atoms with Gasteiger partial charge in [-0.3, -0.25) is 0 Å². The van der Waals surface area contributed by atoms with Gasteiger partial charge in [0.1, 0.15) is 5.82 Å². The van der Waals surface area contributed by atoms with E-state index in [0.717, 1.165) is 42.4 Å². The monoisotopic (exact) mass is 194 g/mol. The normalized spacial score (nSPS) is 10.3. The zero-order valence-electron chi connectivity index (χ0n) is 9.42. The van der Waals surface area contributed by atoms with Crippen LogP contribution in [0.15, 0.2) is 0 Å². The molecule has 0 N–H and O–H groups in total. The molecule has 0 aliphatic heterocycles. The Bertz CT molecular complexity index is 310. The molecule has 0 amide bonds. The Morgan fingerprint density at radius 2 is 1.86 bits per heavy atom. The summed E-state index contributed by atoms with van der Waals surface area (Å²) in [7, 11) is 0. The van der Waals surface area contributed by atoms with Gasteiger partial charge in [0.25, 0.3) is 0 Å². The number of nitrogens with zero attached hydrogens (tertiary/aromatic N) is 2. The lowest BCUT2D eigenvalue weighted by atomic mass is 10.2. The predicted octanol–water partition coefficient (Wildman–Crippen LogP) is 2.58. The molecule has 0 aromatic carbocycles. The third-order valence-corrected chi connectivity index (χ3v) is 2.19. The van der Waals surface area contributed by atoms with Crippen LogP contribution < -0.4 is 4.74 Å². The average Bonchev–Trinajstić information content (AvgIpc) is 2.13. The van der Waals surface area contributed by atoms with Gasteiger partial charge in [0, 0.05) is 11.3 Å². The van der Waals surface area contributed by atoms with Crippen molar-refractivity contribution < 1.29 is 4.74 Å². The molecule has 14 heavy (non-hydrogen) atoms. The van der Waals surface area contributed by atoms with Gasteiger partial charge in [-0.1, -0.05) is 13.3 Å². The van der Waals surface area contributed by atoms with E-state index in [0.29, 0.717) is 0 Å². The van der Waals surface area contributed by atoms with Gasteiger partial charge >= 0.3 is 0 Å². The molecule has 0 spiro atoms. The third kappa shape index (κ3) is 2.69. The minimum atomic E-state index is 0.739. The first-order valence-corrected chi connectivity index (χ1v) is 5.09. The number of hydrogen-bond donors (Lipinski definition) is 0. The second kappa shape index (κ2) is 4.94. The maximum Gasteiger partial charge on any atom is 0.219 e. The Kier molecular flexibility index (Phi) is 3.86. The van der Waals surface area contributed by atoms with Crippen molar-refractivity contribution in [3.05, 3.63) is 17.1 Å². The first-order chi connectivity index (χ1) is 6.65. The summed E-state index contributed by atoms with van der Waals surface area (Å²) in [6.07, 6.45) is 2.21. The first kappa shape index (κ1) is 11.0. The molecule has 3 nitrogen and oxygen atoms in total. The molecule has 1 heterocycles. The van der Waals surface area contributed by atoms with E-state index in [9.17, 15) is 0 Å². The van der Waals surface area contributed by atoms with E-state index >= 15 is 0 Å². The van der Waals surface area contributed by atoms with Gasteiger partial charge in [0.05, 0.1) is 6.61 Å². The summed E-state index contributed by atoms with van der Waals surface area (Å²) in [5, 5.41) is 0. The van der Waals surface area contributed by atoms with Gasteiger partial charge in [-0.15, -0.1) is 0 Å². The highest BCUT2D eigenvalue weighted by Crippen LogP contribution is 2.17. The minimum Gasteiger partial charge on any atom is -0.477 e. The van der Waals surface area contributed by atoms with Crippen LogP contribution in [0, 0.1) is 20.8 Å². The van der Waals surface area contributed by atoms with Crippen molar-refractivity contribution in [2.45, 2.75) is 40.5 Å². The molecular formula is C11H18N2O. The van der Waals surface area contributed by atoms with Crippen LogP contribution in [0.3, 0.4) is 0 Å². The van der Waals surface area contributed by atoms with Gasteiger partial charge in [-0.25, -0.2) is 4.98 Å². The largest absolute Gasteiger partial charge is 0.477 e. The summed E-state index contributed by atoms with van der Waals surface area (Å²) < 4.78 is 5.59. The highest BCUT2D eigenvalue weighted by molar-refractivity contribution is 5.28. The van der Waals surface area contributed by atoms with E-state index in [1.807, 2.05) is 20.8 Å². The van der Waals surface area contributed by atoms with Crippen LogP contribution in [0.1, 0.15) is 36.8 Å². The lowest BCUT2D eigenvalue weighted by molar-refractivity contribution is 0.294. The quantitative estimate of drug-likeness (QED) is 0.691. The van der Waals surface area contributed by atoms with E-state index in [2.05, 4.69) is 16.9 Å². The summed E-state index contributed by atoms with van der Waals surface area (Å²) >= 11 is 0. The fourth-order valence-electron chi connectivity index (χ4n) is 1.19. The number of unbranched alkanes of at least 4 members (excludes halogenated alkanes) is 1. The molecule has 0 unspecified atom stereocenters. The number of hydrogen-bond acceptors (Lipinski definition) is 3. The Morgan fingerprint density at radius 1 is 1.14 bits per heavy atom. The number of ether oxygens (including phenoxy) is 1. The highest BCUT2D eigenvalue weighted by atomic mass is 16.5. The third-order valence-electron chi connectivity index (χ3n) is 2.19. The van der Waals surface area contributed by atoms with Crippen molar-refractivity contribution >= 4 is 0 Å². The Hall–Kier alpha value is -1.12. The van der Waals surface area contributed by atoms with E-state index in [4.69, 9.17) is 4.74 Å². The molecule has 1 aromatic heterocycles. The van der Waals surface area contributed by atoms with Gasteiger partial charge in [0.2, 0.25) is 5.88 Å². The zero-order valence-corrected chi connectivity index (χ0v) is 9.42. The average molecular weight is 194 g/mol. The predicted molar refractivity (Wildman–Crippen MR) is 56.6 cm³/mol. The van der Waals surface area contributed by atoms with Gasteiger partial charge < -0.3 is 4.74 Å². The van der Waals surface area contributed by atoms with E-state index < -0.39 is 0 Å². The fourth-order valence-corrected chi connectivity index (χ4v) is 1.19. The zero-order chi connectivity index (χ0) is 10.6. The second-order valence-corrected chi connectivity index (χ2v) is 3.49. The Balaban J connectivity index is 2.75. The van der Waals surface area contributed by atoms with E-state index in [1.54, 1.807) is 0 Å². The standard InChI is InChI=1S/C11H18N2O/c1-5-6-7-14-11-8(2)9(3)12-10(4)13-11/h5-7H2,1-4H3. The summed E-state index contributed by atoms with van der Waals surface area (Å²) in [5.41, 5.74) is 2.05. The summed E-state index contributed by atoms with van der Waals surface area (Å²) in [4.78, 5) is 8.54. The molecule has 0 atom stereocenters. The smallest absolute Gasteiger partial charge is 0.219 e. The molecule has 0 fully saturated rings. The summed E-state index contributed by atoms with van der Waals surface area (Å²) in [6, 6.07) is 0. The Morgan fingerprint density at radius 3 is 2.50 bits per heavy atom. The van der Waals surface area contributed by atoms with Crippen LogP contribution in [0.2, 0.25) is 0 Å². The first-order valence-electron chi connectivity index (χ1n) is 5.09. The van der Waals surface area contributed by atoms with Crippen molar-refractivity contribution in [3.63, 3.8) is 0 Å². The minimum absolute atomic E-state index is 0.739. The van der Waals surface area contributed by atoms with E-state index in [1.165, 1.54) is 0 Å². The van der Waals surface area contributed by atoms with Crippen molar-refractivity contribution in [2.24, 2.45) is 0 Å². The summed E-state index contributed by atoms with van der Waals surface area (Å²) in [5.74, 6) is 1.52. The van der Waals surface area contributed by atoms with Crippen LogP contribution in [-0.2, 0) is 0 Å². The van der Waals surface area contributed by atoms with E-state index in [-0.39, 0.29) is 0 Å². The van der Waals surface area contributed by atoms with Crippen LogP contribution in [0.4, 0.5) is 0 Å². The van der Waals surface area contributed by atoms with Gasteiger partial charge in [0.15, 0.2) is 0 Å². The molecule has 1 rings (SSSR count). The van der Waals surface area contributed by atoms with Crippen molar-refractivity contribution in [2.75, 3.05) is 6.61 Å². The molecule has 1 aromatic rings. The van der Waals surface area contributed by atoms with Crippen molar-refractivity contribution in [1.82, 2.24) is 9.97 Å². The molecule has 3 heteroatoms. The second-order valence-electron chi connectivity index (χ2n) is 3.49. The van der Waals surface area contributed by atoms with Crippen LogP contribution in [-0.4, -0.2) is 16.6 Å². The number of aryl methyl sites for hydroxylation is 2. The molecule has 0 aliphatic carbocycles. The molecule has 0 saturated carbocycles. The van der Waals surface area contributed by atoms with Crippen LogP contribution in [0.5, 0.6) is 5.88 Å². The SMILES string of the molecule is CCCCOc1nc(C)nc(C)c1C. The van der Waals surface area contributed by atoms with Gasteiger partial charge in [-0.2, -0.15) is 4.98 Å². The lowest BCUT2D eigenvalue weighted by Gasteiger charge is -2.09. The van der Waals surface area contributed by atoms with Crippen molar-refractivity contribution in [3.8, 4) is 5.88 Å². The molecule has 0 radical (unpaired) electrons.